The molecule has 20 heavy (non-hydrogen) atoms. The SMILES string of the molecule is CN1c2ccccc2-c2ccnc3[nH]cc(c23)C1(C)C. The molecule has 0 fully saturated rings. The monoisotopic (exact) mass is 263 g/mol. The Kier molecular flexibility index (Phi) is 2.09. The minimum absolute atomic E-state index is 0.0807. The van der Waals surface area contributed by atoms with Gasteiger partial charge in [0, 0.05) is 41.6 Å². The summed E-state index contributed by atoms with van der Waals surface area (Å²) in [5.74, 6) is 0. The zero-order chi connectivity index (χ0) is 13.9. The molecule has 4 rings (SSSR count). The first-order chi connectivity index (χ1) is 9.60. The topological polar surface area (TPSA) is 31.9 Å². The van der Waals surface area contributed by atoms with Gasteiger partial charge < -0.3 is 9.88 Å². The van der Waals surface area contributed by atoms with Crippen molar-refractivity contribution in [3.63, 3.8) is 0 Å². The lowest BCUT2D eigenvalue weighted by Gasteiger charge is -2.37. The molecule has 100 valence electrons. The number of hydrogen-bond acceptors (Lipinski definition) is 2. The molecule has 0 spiro atoms. The number of aromatic amines is 1. The summed E-state index contributed by atoms with van der Waals surface area (Å²) >= 11 is 0. The third kappa shape index (κ3) is 1.27. The number of H-pyrrole nitrogens is 1. The van der Waals surface area contributed by atoms with Crippen LogP contribution in [0.3, 0.4) is 0 Å². The quantitative estimate of drug-likeness (QED) is 0.666. The Bertz CT molecular complexity index is 814. The van der Waals surface area contributed by atoms with Crippen LogP contribution >= 0.6 is 0 Å². The molecule has 1 N–H and O–H groups in total. The summed E-state index contributed by atoms with van der Waals surface area (Å²) in [4.78, 5) is 10.1. The molecule has 0 bridgehead atoms. The molecular formula is C17H17N3. The minimum Gasteiger partial charge on any atom is -0.365 e. The molecule has 3 nitrogen and oxygen atoms in total. The second-order valence-electron chi connectivity index (χ2n) is 5.92. The van der Waals surface area contributed by atoms with Crippen LogP contribution in [0.15, 0.2) is 42.7 Å². The number of pyridine rings is 1. The number of fused-ring (bicyclic) bond motifs is 2. The lowest BCUT2D eigenvalue weighted by atomic mass is 9.92. The van der Waals surface area contributed by atoms with Gasteiger partial charge in [0.05, 0.1) is 5.54 Å². The minimum atomic E-state index is -0.0807. The standard InChI is InChI=1S/C17H17N3/c1-17(2)13-10-19-16-15(13)12(8-9-18-16)11-6-4-5-7-14(11)20(17)3/h4-10H,1-3H3,(H,18,19). The predicted octanol–water partition coefficient (Wildman–Crippen LogP) is 3.91. The number of benzene rings is 1. The molecule has 3 heteroatoms. The summed E-state index contributed by atoms with van der Waals surface area (Å²) in [7, 11) is 2.16. The molecule has 0 aliphatic carbocycles. The largest absolute Gasteiger partial charge is 0.365 e. The van der Waals surface area contributed by atoms with E-state index in [1.54, 1.807) is 0 Å². The van der Waals surface area contributed by atoms with E-state index in [-0.39, 0.29) is 5.54 Å². The maximum absolute atomic E-state index is 4.48. The van der Waals surface area contributed by atoms with Gasteiger partial charge in [-0.15, -0.1) is 0 Å². The second-order valence-corrected chi connectivity index (χ2v) is 5.92. The molecule has 0 atom stereocenters. The summed E-state index contributed by atoms with van der Waals surface area (Å²) in [6, 6.07) is 10.7. The number of para-hydroxylation sites is 1. The van der Waals surface area contributed by atoms with Crippen molar-refractivity contribution in [3.8, 4) is 11.1 Å². The van der Waals surface area contributed by atoms with E-state index in [0.29, 0.717) is 0 Å². The average molecular weight is 263 g/mol. The Labute approximate surface area is 118 Å². The van der Waals surface area contributed by atoms with Crippen molar-refractivity contribution in [2.75, 3.05) is 11.9 Å². The summed E-state index contributed by atoms with van der Waals surface area (Å²) in [5, 5.41) is 1.24. The lowest BCUT2D eigenvalue weighted by molar-refractivity contribution is 0.521. The Morgan fingerprint density at radius 2 is 1.90 bits per heavy atom. The highest BCUT2D eigenvalue weighted by Crippen LogP contribution is 2.46. The fraction of sp³-hybridized carbons (Fsp3) is 0.235. The van der Waals surface area contributed by atoms with Crippen LogP contribution in [0.4, 0.5) is 5.69 Å². The van der Waals surface area contributed by atoms with Crippen LogP contribution in [0.5, 0.6) is 0 Å². The van der Waals surface area contributed by atoms with E-state index >= 15 is 0 Å². The molecule has 0 radical (unpaired) electrons. The number of hydrogen-bond donors (Lipinski definition) is 1. The molecule has 3 aromatic rings. The first kappa shape index (κ1) is 11.5. The Morgan fingerprint density at radius 3 is 2.75 bits per heavy atom. The third-order valence-electron chi connectivity index (χ3n) is 4.63. The number of aromatic nitrogens is 2. The first-order valence-electron chi connectivity index (χ1n) is 6.90. The van der Waals surface area contributed by atoms with Gasteiger partial charge in [-0.3, -0.25) is 0 Å². The normalized spacial score (nSPS) is 16.1. The van der Waals surface area contributed by atoms with E-state index in [4.69, 9.17) is 0 Å². The maximum Gasteiger partial charge on any atom is 0.138 e. The fourth-order valence-electron chi connectivity index (χ4n) is 3.24. The zero-order valence-electron chi connectivity index (χ0n) is 11.9. The van der Waals surface area contributed by atoms with Gasteiger partial charge in [-0.1, -0.05) is 18.2 Å². The highest BCUT2D eigenvalue weighted by molar-refractivity contribution is 6.01. The van der Waals surface area contributed by atoms with Crippen LogP contribution in [0.25, 0.3) is 22.2 Å². The summed E-state index contributed by atoms with van der Waals surface area (Å²) < 4.78 is 0. The molecule has 2 aromatic heterocycles. The molecule has 0 saturated heterocycles. The fourth-order valence-corrected chi connectivity index (χ4v) is 3.24. The zero-order valence-corrected chi connectivity index (χ0v) is 11.9. The molecule has 1 aliphatic rings. The molecular weight excluding hydrogens is 246 g/mol. The number of rotatable bonds is 0. The number of anilines is 1. The van der Waals surface area contributed by atoms with Gasteiger partial charge in [-0.05, 0) is 31.5 Å². The molecule has 3 heterocycles. The van der Waals surface area contributed by atoms with E-state index in [0.717, 1.165) is 5.65 Å². The Morgan fingerprint density at radius 1 is 1.10 bits per heavy atom. The Balaban J connectivity index is 2.23. The molecule has 1 aromatic carbocycles. The summed E-state index contributed by atoms with van der Waals surface area (Å²) in [6.45, 7) is 4.52. The molecule has 0 amide bonds. The number of nitrogens with one attached hydrogen (secondary N) is 1. The van der Waals surface area contributed by atoms with Gasteiger partial charge in [0.2, 0.25) is 0 Å². The van der Waals surface area contributed by atoms with Crippen molar-refractivity contribution in [2.24, 2.45) is 0 Å². The van der Waals surface area contributed by atoms with Crippen molar-refractivity contribution in [2.45, 2.75) is 19.4 Å². The van der Waals surface area contributed by atoms with Crippen LogP contribution in [-0.2, 0) is 5.54 Å². The highest BCUT2D eigenvalue weighted by Gasteiger charge is 2.34. The van der Waals surface area contributed by atoms with Crippen molar-refractivity contribution in [3.05, 3.63) is 48.3 Å². The van der Waals surface area contributed by atoms with Crippen molar-refractivity contribution >= 4 is 16.7 Å². The summed E-state index contributed by atoms with van der Waals surface area (Å²) in [6.07, 6.45) is 3.98. The van der Waals surface area contributed by atoms with Gasteiger partial charge in [-0.25, -0.2) is 4.98 Å². The average Bonchev–Trinajstić information content (AvgIpc) is 2.88. The van der Waals surface area contributed by atoms with Crippen LogP contribution in [-0.4, -0.2) is 17.0 Å². The lowest BCUT2D eigenvalue weighted by Crippen LogP contribution is -2.38. The van der Waals surface area contributed by atoms with E-state index < -0.39 is 0 Å². The van der Waals surface area contributed by atoms with E-state index in [2.05, 4.69) is 72.3 Å². The predicted molar refractivity (Wildman–Crippen MR) is 83.0 cm³/mol. The van der Waals surface area contributed by atoms with Gasteiger partial charge >= 0.3 is 0 Å². The number of nitrogens with zero attached hydrogens (tertiary/aromatic N) is 2. The van der Waals surface area contributed by atoms with Gasteiger partial charge in [-0.2, -0.15) is 0 Å². The molecule has 1 aliphatic heterocycles. The van der Waals surface area contributed by atoms with Crippen LogP contribution < -0.4 is 4.90 Å². The highest BCUT2D eigenvalue weighted by atomic mass is 15.2. The second kappa shape index (κ2) is 3.63. The van der Waals surface area contributed by atoms with E-state index in [1.807, 2.05) is 6.20 Å². The van der Waals surface area contributed by atoms with Crippen molar-refractivity contribution < 1.29 is 0 Å². The van der Waals surface area contributed by atoms with Gasteiger partial charge in [0.1, 0.15) is 5.65 Å². The van der Waals surface area contributed by atoms with Crippen molar-refractivity contribution in [1.29, 1.82) is 0 Å². The van der Waals surface area contributed by atoms with E-state index in [9.17, 15) is 0 Å². The van der Waals surface area contributed by atoms with Crippen molar-refractivity contribution in [1.82, 2.24) is 9.97 Å². The third-order valence-corrected chi connectivity index (χ3v) is 4.63. The first-order valence-corrected chi connectivity index (χ1v) is 6.90. The van der Waals surface area contributed by atoms with Crippen LogP contribution in [0, 0.1) is 0 Å². The van der Waals surface area contributed by atoms with Gasteiger partial charge in [0.15, 0.2) is 0 Å². The van der Waals surface area contributed by atoms with E-state index in [1.165, 1.54) is 27.8 Å². The maximum atomic E-state index is 4.48. The van der Waals surface area contributed by atoms with Crippen LogP contribution in [0.2, 0.25) is 0 Å². The molecule has 0 unspecified atom stereocenters. The Hall–Kier alpha value is -2.29. The van der Waals surface area contributed by atoms with Crippen LogP contribution in [0.1, 0.15) is 19.4 Å². The van der Waals surface area contributed by atoms with Gasteiger partial charge in [0.25, 0.3) is 0 Å². The summed E-state index contributed by atoms with van der Waals surface area (Å²) in [5.41, 5.74) is 5.99. The molecule has 0 saturated carbocycles. The smallest absolute Gasteiger partial charge is 0.138 e.